The summed E-state index contributed by atoms with van der Waals surface area (Å²) in [6.45, 7) is 9.77. The van der Waals surface area contributed by atoms with Gasteiger partial charge in [0, 0.05) is 29.8 Å². The maximum Gasteiger partial charge on any atom is 0.408 e. The molecule has 5 atom stereocenters. The zero-order valence-electron chi connectivity index (χ0n) is 35.0. The molecule has 4 amide bonds. The Morgan fingerprint density at radius 2 is 1.83 bits per heavy atom. The minimum atomic E-state index is -3.90. The van der Waals surface area contributed by atoms with E-state index in [4.69, 9.17) is 24.2 Å². The number of ether oxygens (including phenoxy) is 3. The number of alkyl carbamates (subject to hydrolysis) is 1. The number of aromatic nitrogens is 2. The third-order valence-electron chi connectivity index (χ3n) is 11.1. The second-order valence-electron chi connectivity index (χ2n) is 17.5. The first-order chi connectivity index (χ1) is 28.4. The van der Waals surface area contributed by atoms with E-state index in [-0.39, 0.29) is 43.8 Å². The standard InChI is InChI=1S/C41H56N8O9S2/c1-23(2)43-38-45-32(22-59-38)30-17-24-16-26(56-6)11-14-29(24)35(44-30)57-27-18-33-34(50)47-41(37(52)48-60(54,55)28-12-13-28)19-25(41)10-8-7-9-15-42-20-31(36(51)49(33)21-27)46-39(53)58-40(3,4)5/h11,14,16-17,22-23,25,27-28,31,33,42H,7-10,12-13,15,18-21H2,1-6H3,(H,43,45)(H,46,53)(H,47,50)(H,48,52)/t25-,27-,31+,33+,41-/m1/s1. The maximum absolute atomic E-state index is 14.7. The molecule has 5 N–H and O–H groups in total. The average Bonchev–Trinajstić information content (AvgIpc) is 4.06. The number of hydrogen-bond acceptors (Lipinski definition) is 14. The van der Waals surface area contributed by atoms with E-state index in [1.165, 1.54) is 16.2 Å². The number of hydrogen-bond donors (Lipinski definition) is 5. The van der Waals surface area contributed by atoms with Crippen molar-refractivity contribution in [2.75, 3.05) is 32.1 Å². The first kappa shape index (κ1) is 43.3. The summed E-state index contributed by atoms with van der Waals surface area (Å²) >= 11 is 1.45. The fourth-order valence-corrected chi connectivity index (χ4v) is 10.1. The number of carbonyl (C=O) groups excluding carboxylic acids is 4. The Bertz CT molecular complexity index is 2220. The van der Waals surface area contributed by atoms with Crippen LogP contribution in [0.4, 0.5) is 9.93 Å². The minimum Gasteiger partial charge on any atom is -0.497 e. The van der Waals surface area contributed by atoms with Crippen LogP contribution < -0.4 is 35.5 Å². The first-order valence-electron chi connectivity index (χ1n) is 20.7. The molecule has 0 bridgehead atoms. The normalized spacial score (nSPS) is 25.3. The van der Waals surface area contributed by atoms with Gasteiger partial charge in [-0.2, -0.15) is 0 Å². The SMILES string of the molecule is COc1ccc2c(O[C@@H]3C[C@H]4C(=O)N[C@]5(C(=O)NS(=O)(=O)C6CC6)C[C@H]5CCCCCNC[C@H](NC(=O)OC(C)(C)C)C(=O)N4C3)nc(-c3csc(NC(C)C)n3)cc2c1. The molecule has 0 spiro atoms. The van der Waals surface area contributed by atoms with Gasteiger partial charge < -0.3 is 40.4 Å². The van der Waals surface area contributed by atoms with Crippen LogP contribution in [-0.4, -0.2) is 114 Å². The molecule has 2 saturated heterocycles. The number of thiazole rings is 1. The van der Waals surface area contributed by atoms with Gasteiger partial charge >= 0.3 is 6.09 Å². The highest BCUT2D eigenvalue weighted by Crippen LogP contribution is 2.48. The molecule has 17 nitrogen and oxygen atoms in total. The number of nitrogens with zero attached hydrogens (tertiary/aromatic N) is 3. The van der Waals surface area contributed by atoms with E-state index >= 15 is 0 Å². The van der Waals surface area contributed by atoms with Gasteiger partial charge in [-0.3, -0.25) is 19.1 Å². The van der Waals surface area contributed by atoms with Crippen molar-refractivity contribution in [1.82, 2.24) is 35.5 Å². The molecule has 0 radical (unpaired) electrons. The topological polar surface area (TPSA) is 219 Å². The summed E-state index contributed by atoms with van der Waals surface area (Å²) in [5.41, 5.74) is -1.12. The number of anilines is 1. The molecular formula is C41H56N8O9S2. The Kier molecular flexibility index (Phi) is 12.5. The van der Waals surface area contributed by atoms with E-state index in [0.29, 0.717) is 48.3 Å². The maximum atomic E-state index is 14.7. The summed E-state index contributed by atoms with van der Waals surface area (Å²) in [7, 11) is -2.32. The largest absolute Gasteiger partial charge is 0.497 e. The lowest BCUT2D eigenvalue weighted by molar-refractivity contribution is -0.141. The molecule has 0 unspecified atom stereocenters. The van der Waals surface area contributed by atoms with Gasteiger partial charge in [-0.15, -0.1) is 11.3 Å². The van der Waals surface area contributed by atoms with Crippen molar-refractivity contribution in [3.05, 3.63) is 29.6 Å². The summed E-state index contributed by atoms with van der Waals surface area (Å²) in [6.07, 6.45) is 2.57. The Morgan fingerprint density at radius 1 is 1.05 bits per heavy atom. The predicted molar refractivity (Wildman–Crippen MR) is 226 cm³/mol. The molecule has 4 heterocycles. The number of carbonyl (C=O) groups is 4. The van der Waals surface area contributed by atoms with Crippen LogP contribution in [0.15, 0.2) is 29.6 Å². The molecule has 2 saturated carbocycles. The number of amides is 4. The number of benzene rings is 1. The molecule has 4 fully saturated rings. The van der Waals surface area contributed by atoms with Crippen LogP contribution in [-0.2, 0) is 29.1 Å². The molecular weight excluding hydrogens is 813 g/mol. The highest BCUT2D eigenvalue weighted by molar-refractivity contribution is 7.91. The quantitative estimate of drug-likeness (QED) is 0.194. The Labute approximate surface area is 354 Å². The molecule has 2 aliphatic carbocycles. The number of sulfonamides is 1. The molecule has 4 aliphatic rings. The predicted octanol–water partition coefficient (Wildman–Crippen LogP) is 4.08. The van der Waals surface area contributed by atoms with Crippen LogP contribution in [0.2, 0.25) is 0 Å². The fourth-order valence-electron chi connectivity index (χ4n) is 7.85. The molecule has 326 valence electrons. The van der Waals surface area contributed by atoms with Gasteiger partial charge in [-0.05, 0) is 109 Å². The van der Waals surface area contributed by atoms with E-state index in [1.54, 1.807) is 33.9 Å². The van der Waals surface area contributed by atoms with Gasteiger partial charge in [-0.25, -0.2) is 23.2 Å². The summed E-state index contributed by atoms with van der Waals surface area (Å²) in [5.74, 6) is -1.35. The molecule has 19 heteroatoms. The van der Waals surface area contributed by atoms with Crippen molar-refractivity contribution >= 4 is 61.1 Å². The van der Waals surface area contributed by atoms with Gasteiger partial charge in [-0.1, -0.05) is 12.8 Å². The second kappa shape index (κ2) is 17.3. The summed E-state index contributed by atoms with van der Waals surface area (Å²) in [5, 5.41) is 15.7. The zero-order valence-corrected chi connectivity index (χ0v) is 36.6. The first-order valence-corrected chi connectivity index (χ1v) is 23.1. The Hall–Kier alpha value is -4.75. The van der Waals surface area contributed by atoms with Crippen molar-refractivity contribution in [1.29, 1.82) is 0 Å². The lowest BCUT2D eigenvalue weighted by atomic mass is 10.1. The Morgan fingerprint density at radius 3 is 2.55 bits per heavy atom. The van der Waals surface area contributed by atoms with Crippen LogP contribution in [0.5, 0.6) is 11.6 Å². The van der Waals surface area contributed by atoms with E-state index in [2.05, 4.69) is 26.0 Å². The third-order valence-corrected chi connectivity index (χ3v) is 13.7. The van der Waals surface area contributed by atoms with Crippen molar-refractivity contribution in [3.8, 4) is 23.0 Å². The van der Waals surface area contributed by atoms with Crippen molar-refractivity contribution in [2.24, 2.45) is 5.92 Å². The number of methoxy groups -OCH3 is 1. The molecule has 1 aromatic carbocycles. The minimum absolute atomic E-state index is 0.00953. The van der Waals surface area contributed by atoms with Crippen molar-refractivity contribution in [2.45, 2.75) is 127 Å². The van der Waals surface area contributed by atoms with E-state index in [0.717, 1.165) is 29.8 Å². The van der Waals surface area contributed by atoms with Crippen LogP contribution in [0, 0.1) is 5.92 Å². The lowest BCUT2D eigenvalue weighted by Crippen LogP contribution is -2.59. The average molecular weight is 869 g/mol. The molecule has 60 heavy (non-hydrogen) atoms. The summed E-state index contributed by atoms with van der Waals surface area (Å²) in [4.78, 5) is 67.3. The van der Waals surface area contributed by atoms with Gasteiger partial charge in [0.15, 0.2) is 5.13 Å². The number of rotatable bonds is 10. The van der Waals surface area contributed by atoms with E-state index in [1.807, 2.05) is 37.4 Å². The lowest BCUT2D eigenvalue weighted by Gasteiger charge is -2.30. The highest BCUT2D eigenvalue weighted by atomic mass is 32.2. The third kappa shape index (κ3) is 10.1. The molecule has 3 aromatic rings. The molecule has 7 rings (SSSR count). The monoisotopic (exact) mass is 868 g/mol. The smallest absolute Gasteiger partial charge is 0.408 e. The van der Waals surface area contributed by atoms with Crippen LogP contribution >= 0.6 is 11.3 Å². The zero-order chi connectivity index (χ0) is 43.0. The highest BCUT2D eigenvalue weighted by Gasteiger charge is 2.62. The fraction of sp³-hybridized carbons (Fsp3) is 0.610. The van der Waals surface area contributed by atoms with Crippen LogP contribution in [0.25, 0.3) is 22.2 Å². The number of fused-ring (bicyclic) bond motifs is 3. The van der Waals surface area contributed by atoms with Gasteiger partial charge in [0.2, 0.25) is 27.7 Å². The molecule has 2 aliphatic heterocycles. The van der Waals surface area contributed by atoms with Crippen molar-refractivity contribution in [3.63, 3.8) is 0 Å². The second-order valence-corrected chi connectivity index (χ2v) is 20.3. The number of nitrogens with one attached hydrogen (secondary N) is 5. The van der Waals surface area contributed by atoms with Crippen molar-refractivity contribution < 1.29 is 41.8 Å². The molecule has 2 aromatic heterocycles. The summed E-state index contributed by atoms with van der Waals surface area (Å²) in [6, 6.07) is 5.28. The number of pyridine rings is 1. The van der Waals surface area contributed by atoms with E-state index in [9.17, 15) is 27.6 Å². The summed E-state index contributed by atoms with van der Waals surface area (Å²) < 4.78 is 45.9. The van der Waals surface area contributed by atoms with Gasteiger partial charge in [0.25, 0.3) is 5.91 Å². The van der Waals surface area contributed by atoms with Gasteiger partial charge in [0.1, 0.15) is 40.8 Å². The Balaban J connectivity index is 1.22. The van der Waals surface area contributed by atoms with Crippen LogP contribution in [0.3, 0.4) is 0 Å². The van der Waals surface area contributed by atoms with E-state index < -0.39 is 68.4 Å². The van der Waals surface area contributed by atoms with Gasteiger partial charge in [0.05, 0.1) is 24.6 Å². The van der Waals surface area contributed by atoms with Crippen LogP contribution in [0.1, 0.15) is 86.0 Å².